The second-order valence-corrected chi connectivity index (χ2v) is 11.2. The molecule has 1 amide bonds. The van der Waals surface area contributed by atoms with Gasteiger partial charge in [0.05, 0.1) is 16.2 Å². The zero-order valence-corrected chi connectivity index (χ0v) is 19.1. The Labute approximate surface area is 183 Å². The summed E-state index contributed by atoms with van der Waals surface area (Å²) in [4.78, 5) is 22.1. The summed E-state index contributed by atoms with van der Waals surface area (Å²) in [6, 6.07) is 5.91. The third kappa shape index (κ3) is 3.48. The SMILES string of the molecule is CC(=O)N(c1ccc(C)cc1Cl)C1CSC(=NC23CC4CC(CC(C4)C2)C3)N1C. The van der Waals surface area contributed by atoms with Crippen LogP contribution in [-0.2, 0) is 4.79 Å². The number of nitrogens with zero attached hydrogens (tertiary/aromatic N) is 3. The molecule has 5 fully saturated rings. The largest absolute Gasteiger partial charge is 0.333 e. The lowest BCUT2D eigenvalue weighted by molar-refractivity contribution is -0.117. The Balaban J connectivity index is 1.42. The van der Waals surface area contributed by atoms with E-state index in [4.69, 9.17) is 16.6 Å². The van der Waals surface area contributed by atoms with E-state index in [1.807, 2.05) is 30.0 Å². The van der Waals surface area contributed by atoms with Crippen molar-refractivity contribution in [1.29, 1.82) is 0 Å². The summed E-state index contributed by atoms with van der Waals surface area (Å²) >= 11 is 8.32. The molecule has 1 aromatic rings. The molecule has 0 spiro atoms. The summed E-state index contributed by atoms with van der Waals surface area (Å²) < 4.78 is 0. The lowest BCUT2D eigenvalue weighted by Crippen LogP contribution is -2.51. The maximum absolute atomic E-state index is 12.6. The molecule has 6 heteroatoms. The van der Waals surface area contributed by atoms with Crippen LogP contribution in [0.1, 0.15) is 51.0 Å². The number of rotatable bonds is 3. The second kappa shape index (κ2) is 7.19. The number of carbonyl (C=O) groups excluding carboxylic acids is 1. The Morgan fingerprint density at radius 2 is 1.83 bits per heavy atom. The molecule has 4 bridgehead atoms. The third-order valence-electron chi connectivity index (χ3n) is 7.45. The summed E-state index contributed by atoms with van der Waals surface area (Å²) in [6.07, 6.45) is 8.04. The normalized spacial score (nSPS) is 36.8. The van der Waals surface area contributed by atoms with Crippen molar-refractivity contribution in [3.05, 3.63) is 28.8 Å². The predicted molar refractivity (Wildman–Crippen MR) is 122 cm³/mol. The lowest BCUT2D eigenvalue weighted by atomic mass is 9.53. The van der Waals surface area contributed by atoms with Crippen LogP contribution < -0.4 is 4.90 Å². The van der Waals surface area contributed by atoms with Crippen LogP contribution in [0.2, 0.25) is 5.02 Å². The molecule has 4 aliphatic carbocycles. The van der Waals surface area contributed by atoms with E-state index in [1.54, 1.807) is 18.7 Å². The van der Waals surface area contributed by atoms with Gasteiger partial charge in [-0.25, -0.2) is 0 Å². The van der Waals surface area contributed by atoms with Crippen molar-refractivity contribution >= 4 is 40.1 Å². The number of carbonyl (C=O) groups is 1. The number of thioether (sulfide) groups is 1. The first-order valence-corrected chi connectivity index (χ1v) is 12.2. The topological polar surface area (TPSA) is 35.9 Å². The zero-order valence-electron chi connectivity index (χ0n) is 17.5. The molecule has 0 N–H and O–H groups in total. The van der Waals surface area contributed by atoms with E-state index in [2.05, 4.69) is 11.9 Å². The van der Waals surface area contributed by atoms with Crippen molar-refractivity contribution in [3.63, 3.8) is 0 Å². The summed E-state index contributed by atoms with van der Waals surface area (Å²) in [6.45, 7) is 3.64. The van der Waals surface area contributed by atoms with Gasteiger partial charge in [0.15, 0.2) is 5.17 Å². The monoisotopic (exact) mass is 431 g/mol. The van der Waals surface area contributed by atoms with Gasteiger partial charge in [-0.05, 0) is 80.9 Å². The minimum atomic E-state index is -0.0506. The minimum Gasteiger partial charge on any atom is -0.333 e. The third-order valence-corrected chi connectivity index (χ3v) is 8.85. The molecule has 1 heterocycles. The average molecular weight is 432 g/mol. The molecule has 4 saturated carbocycles. The van der Waals surface area contributed by atoms with Crippen LogP contribution in [0.4, 0.5) is 5.69 Å². The van der Waals surface area contributed by atoms with Crippen LogP contribution in [-0.4, -0.2) is 40.5 Å². The molecule has 1 aromatic carbocycles. The maximum Gasteiger partial charge on any atom is 0.225 e. The molecular formula is C23H30ClN3OS. The fourth-order valence-corrected chi connectivity index (χ4v) is 8.18. The Kier molecular flexibility index (Phi) is 4.90. The highest BCUT2D eigenvalue weighted by atomic mass is 35.5. The highest BCUT2D eigenvalue weighted by molar-refractivity contribution is 8.14. The van der Waals surface area contributed by atoms with Crippen molar-refractivity contribution in [1.82, 2.24) is 4.90 Å². The Morgan fingerprint density at radius 3 is 2.38 bits per heavy atom. The van der Waals surface area contributed by atoms with Gasteiger partial charge in [0.25, 0.3) is 0 Å². The van der Waals surface area contributed by atoms with E-state index in [0.717, 1.165) is 39.9 Å². The van der Waals surface area contributed by atoms with Crippen LogP contribution in [0, 0.1) is 24.7 Å². The molecular weight excluding hydrogens is 402 g/mol. The standard InChI is InChI=1S/C23H30ClN3OS/c1-14-4-5-20(19(24)6-14)27(15(2)28)21-13-29-22(26(21)3)25-23-10-16-7-17(11-23)9-18(8-16)12-23/h4-6,16-18,21H,7-13H2,1-3H3. The van der Waals surface area contributed by atoms with Crippen molar-refractivity contribution in [2.24, 2.45) is 22.7 Å². The molecule has 1 aliphatic heterocycles. The number of hydrogen-bond donors (Lipinski definition) is 0. The van der Waals surface area contributed by atoms with Gasteiger partial charge in [0.1, 0.15) is 6.17 Å². The summed E-state index contributed by atoms with van der Waals surface area (Å²) in [5, 5.41) is 1.73. The first kappa shape index (κ1) is 19.7. The van der Waals surface area contributed by atoms with Crippen molar-refractivity contribution in [2.75, 3.05) is 17.7 Å². The van der Waals surface area contributed by atoms with E-state index < -0.39 is 0 Å². The second-order valence-electron chi connectivity index (χ2n) is 9.78. The average Bonchev–Trinajstić information content (AvgIpc) is 2.96. The fourth-order valence-electron chi connectivity index (χ4n) is 6.60. The lowest BCUT2D eigenvalue weighted by Gasteiger charge is -2.55. The predicted octanol–water partition coefficient (Wildman–Crippen LogP) is 5.33. The molecule has 29 heavy (non-hydrogen) atoms. The number of benzene rings is 1. The van der Waals surface area contributed by atoms with Crippen LogP contribution >= 0.6 is 23.4 Å². The molecule has 5 aliphatic rings. The number of hydrogen-bond acceptors (Lipinski definition) is 3. The van der Waals surface area contributed by atoms with Crippen LogP contribution in [0.5, 0.6) is 0 Å². The van der Waals surface area contributed by atoms with E-state index in [9.17, 15) is 4.79 Å². The number of amides is 1. The Morgan fingerprint density at radius 1 is 1.21 bits per heavy atom. The molecule has 0 radical (unpaired) electrons. The van der Waals surface area contributed by atoms with Gasteiger partial charge in [-0.2, -0.15) is 0 Å². The van der Waals surface area contributed by atoms with Crippen LogP contribution in [0.15, 0.2) is 23.2 Å². The van der Waals surface area contributed by atoms with Gasteiger partial charge in [-0.15, -0.1) is 0 Å². The van der Waals surface area contributed by atoms with E-state index >= 15 is 0 Å². The molecule has 1 atom stereocenters. The number of amidine groups is 1. The molecule has 156 valence electrons. The quantitative estimate of drug-likeness (QED) is 0.648. The molecule has 6 rings (SSSR count). The Bertz CT molecular complexity index is 834. The van der Waals surface area contributed by atoms with Gasteiger partial charge in [-0.1, -0.05) is 29.4 Å². The first-order valence-electron chi connectivity index (χ1n) is 10.8. The number of aryl methyl sites for hydroxylation is 1. The molecule has 0 aromatic heterocycles. The van der Waals surface area contributed by atoms with Crippen molar-refractivity contribution < 1.29 is 4.79 Å². The van der Waals surface area contributed by atoms with Crippen LogP contribution in [0.3, 0.4) is 0 Å². The van der Waals surface area contributed by atoms with Gasteiger partial charge >= 0.3 is 0 Å². The zero-order chi connectivity index (χ0) is 20.3. The summed E-state index contributed by atoms with van der Waals surface area (Å²) in [5.41, 5.74) is 2.04. The van der Waals surface area contributed by atoms with E-state index in [1.165, 1.54) is 38.5 Å². The minimum absolute atomic E-state index is 0.0178. The maximum atomic E-state index is 12.6. The van der Waals surface area contributed by atoms with Crippen molar-refractivity contribution in [2.45, 2.75) is 64.1 Å². The molecule has 4 nitrogen and oxygen atoms in total. The first-order chi connectivity index (χ1) is 13.8. The van der Waals surface area contributed by atoms with E-state index in [0.29, 0.717) is 5.02 Å². The fraction of sp³-hybridized carbons (Fsp3) is 0.652. The number of halogens is 1. The highest BCUT2D eigenvalue weighted by Crippen LogP contribution is 2.57. The van der Waals surface area contributed by atoms with Gasteiger partial charge in [0, 0.05) is 19.7 Å². The number of anilines is 1. The summed E-state index contributed by atoms with van der Waals surface area (Å²) in [7, 11) is 2.09. The molecule has 1 unspecified atom stereocenters. The van der Waals surface area contributed by atoms with Crippen molar-refractivity contribution in [3.8, 4) is 0 Å². The Hall–Kier alpha value is -1.20. The van der Waals surface area contributed by atoms with E-state index in [-0.39, 0.29) is 17.6 Å². The highest BCUT2D eigenvalue weighted by Gasteiger charge is 2.51. The number of aliphatic imine (C=N–C) groups is 1. The van der Waals surface area contributed by atoms with Gasteiger partial charge in [0.2, 0.25) is 5.91 Å². The van der Waals surface area contributed by atoms with Gasteiger partial charge < -0.3 is 4.90 Å². The molecule has 1 saturated heterocycles. The van der Waals surface area contributed by atoms with Crippen LogP contribution in [0.25, 0.3) is 0 Å². The van der Waals surface area contributed by atoms with Gasteiger partial charge in [-0.3, -0.25) is 14.7 Å². The summed E-state index contributed by atoms with van der Waals surface area (Å²) in [5.74, 6) is 3.50. The smallest absolute Gasteiger partial charge is 0.225 e.